The monoisotopic (exact) mass is 453 g/mol. The van der Waals surface area contributed by atoms with E-state index in [1.807, 2.05) is 37.8 Å². The molecule has 0 radical (unpaired) electrons. The fourth-order valence-corrected chi connectivity index (χ4v) is 5.32. The van der Waals surface area contributed by atoms with Crippen molar-refractivity contribution >= 4 is 34.8 Å². The number of imide groups is 1. The van der Waals surface area contributed by atoms with Crippen molar-refractivity contribution in [2.75, 3.05) is 24.5 Å². The van der Waals surface area contributed by atoms with Gasteiger partial charge >= 0.3 is 12.1 Å². The van der Waals surface area contributed by atoms with Gasteiger partial charge in [-0.25, -0.2) is 14.6 Å². The average molecular weight is 454 g/mol. The molecule has 9 nitrogen and oxygen atoms in total. The summed E-state index contributed by atoms with van der Waals surface area (Å²) in [6, 6.07) is 3.99. The number of fused-ring (bicyclic) bond motifs is 1. The van der Waals surface area contributed by atoms with Crippen LogP contribution in [0.1, 0.15) is 58.9 Å². The summed E-state index contributed by atoms with van der Waals surface area (Å²) in [5.41, 5.74) is 1.44. The molecule has 5 rings (SSSR count). The molecule has 4 amide bonds. The maximum absolute atomic E-state index is 12.4. The number of hydrogen-bond acceptors (Lipinski definition) is 5. The van der Waals surface area contributed by atoms with Crippen molar-refractivity contribution in [2.24, 2.45) is 5.41 Å². The molecule has 2 aliphatic heterocycles. The van der Waals surface area contributed by atoms with Gasteiger partial charge in [0.1, 0.15) is 11.2 Å². The Labute approximate surface area is 193 Å². The second-order valence-corrected chi connectivity index (χ2v) is 10.6. The fourth-order valence-electron chi connectivity index (χ4n) is 5.32. The molecule has 9 heteroatoms. The van der Waals surface area contributed by atoms with Gasteiger partial charge < -0.3 is 14.2 Å². The molecule has 1 saturated carbocycles. The highest BCUT2D eigenvalue weighted by atomic mass is 16.6. The molecular formula is C24H31N5O4. The van der Waals surface area contributed by atoms with Crippen molar-refractivity contribution in [2.45, 2.75) is 64.5 Å². The molecule has 1 N–H and O–H groups in total. The highest BCUT2D eigenvalue weighted by Crippen LogP contribution is 2.55. The van der Waals surface area contributed by atoms with Crippen LogP contribution in [0.25, 0.3) is 11.0 Å². The maximum Gasteiger partial charge on any atom is 0.410 e. The van der Waals surface area contributed by atoms with E-state index < -0.39 is 11.6 Å². The number of ether oxygens (including phenoxy) is 1. The summed E-state index contributed by atoms with van der Waals surface area (Å²) in [7, 11) is 0. The fraction of sp³-hybridized carbons (Fsp3) is 0.583. The van der Waals surface area contributed by atoms with Crippen molar-refractivity contribution in [3.05, 3.63) is 24.5 Å². The first-order chi connectivity index (χ1) is 15.6. The minimum atomic E-state index is -0.467. The Morgan fingerprint density at radius 2 is 1.91 bits per heavy atom. The smallest absolute Gasteiger partial charge is 0.410 e. The van der Waals surface area contributed by atoms with Crippen LogP contribution < -0.4 is 10.2 Å². The summed E-state index contributed by atoms with van der Waals surface area (Å²) < 4.78 is 7.76. The Hall–Kier alpha value is -3.10. The number of pyridine rings is 1. The largest absolute Gasteiger partial charge is 0.444 e. The molecule has 33 heavy (non-hydrogen) atoms. The van der Waals surface area contributed by atoms with E-state index in [-0.39, 0.29) is 17.4 Å². The Balaban J connectivity index is 1.22. The molecule has 0 atom stereocenters. The van der Waals surface area contributed by atoms with Crippen molar-refractivity contribution < 1.29 is 19.1 Å². The molecule has 176 valence electrons. The van der Waals surface area contributed by atoms with Crippen LogP contribution in [0.3, 0.4) is 0 Å². The number of urea groups is 1. The third-order valence-electron chi connectivity index (χ3n) is 7.11. The number of likely N-dealkylation sites (tertiary alicyclic amines) is 1. The van der Waals surface area contributed by atoms with Crippen LogP contribution in [0.5, 0.6) is 0 Å². The lowest BCUT2D eigenvalue weighted by molar-refractivity contribution is -0.120. The molecule has 2 saturated heterocycles. The van der Waals surface area contributed by atoms with Gasteiger partial charge in [-0.1, -0.05) is 0 Å². The Bertz CT molecular complexity index is 1100. The molecule has 4 heterocycles. The predicted octanol–water partition coefficient (Wildman–Crippen LogP) is 3.83. The Morgan fingerprint density at radius 1 is 1.18 bits per heavy atom. The van der Waals surface area contributed by atoms with Gasteiger partial charge in [-0.05, 0) is 64.0 Å². The van der Waals surface area contributed by atoms with E-state index in [4.69, 9.17) is 4.74 Å². The number of anilines is 1. The molecule has 1 spiro atoms. The first-order valence-corrected chi connectivity index (χ1v) is 11.7. The number of aromatic nitrogens is 2. The van der Waals surface area contributed by atoms with Gasteiger partial charge in [0.2, 0.25) is 5.91 Å². The van der Waals surface area contributed by atoms with E-state index in [0.29, 0.717) is 24.7 Å². The van der Waals surface area contributed by atoms with Crippen LogP contribution in [-0.4, -0.2) is 57.7 Å². The van der Waals surface area contributed by atoms with Gasteiger partial charge in [0, 0.05) is 43.7 Å². The highest BCUT2D eigenvalue weighted by Gasteiger charge is 2.47. The number of hydrogen-bond donors (Lipinski definition) is 1. The first kappa shape index (κ1) is 21.7. The van der Waals surface area contributed by atoms with E-state index in [1.165, 1.54) is 0 Å². The van der Waals surface area contributed by atoms with Crippen LogP contribution in [0.15, 0.2) is 24.5 Å². The van der Waals surface area contributed by atoms with Crippen molar-refractivity contribution in [3.63, 3.8) is 0 Å². The van der Waals surface area contributed by atoms with Crippen LogP contribution in [0, 0.1) is 5.41 Å². The van der Waals surface area contributed by atoms with Gasteiger partial charge in [0.25, 0.3) is 0 Å². The van der Waals surface area contributed by atoms with Crippen LogP contribution in [-0.2, 0) is 9.53 Å². The van der Waals surface area contributed by atoms with E-state index in [0.717, 1.165) is 49.8 Å². The van der Waals surface area contributed by atoms with Gasteiger partial charge in [0.15, 0.2) is 0 Å². The summed E-state index contributed by atoms with van der Waals surface area (Å²) in [5, 5.41) is 3.34. The topological polar surface area (TPSA) is 96.8 Å². The quantitative estimate of drug-likeness (QED) is 0.745. The number of piperidine rings is 1. The summed E-state index contributed by atoms with van der Waals surface area (Å²) in [6.07, 6.45) is 8.04. The average Bonchev–Trinajstić information content (AvgIpc) is 3.13. The van der Waals surface area contributed by atoms with Gasteiger partial charge in [-0.3, -0.25) is 15.0 Å². The minimum Gasteiger partial charge on any atom is -0.444 e. The van der Waals surface area contributed by atoms with E-state index in [9.17, 15) is 14.4 Å². The van der Waals surface area contributed by atoms with Crippen molar-refractivity contribution in [3.8, 4) is 0 Å². The predicted molar refractivity (Wildman–Crippen MR) is 123 cm³/mol. The summed E-state index contributed by atoms with van der Waals surface area (Å²) >= 11 is 0. The van der Waals surface area contributed by atoms with Gasteiger partial charge in [-0.2, -0.15) is 0 Å². The zero-order valence-electron chi connectivity index (χ0n) is 19.5. The molecule has 2 aromatic heterocycles. The standard InChI is InChI=1S/C24H31N5O4/c1-23(2,3)33-22(32)27-10-6-24(7-11-27)13-18(14-24)28-8-4-16-12-17(15-25-20(16)28)29-9-5-19(30)26-21(29)31/h4,8,12,15,18H,5-7,9-11,13-14H2,1-3H3,(H,26,30,31). The van der Waals surface area contributed by atoms with Crippen LogP contribution >= 0.6 is 0 Å². The number of nitrogens with one attached hydrogen (secondary N) is 1. The molecule has 0 bridgehead atoms. The van der Waals surface area contributed by atoms with E-state index in [2.05, 4.69) is 21.1 Å². The SMILES string of the molecule is CC(C)(C)OC(=O)N1CCC2(CC1)CC(n1ccc3cc(N4CCC(=O)NC4=O)cnc31)C2. The zero-order chi connectivity index (χ0) is 23.4. The molecular weight excluding hydrogens is 422 g/mol. The molecule has 0 aromatic carbocycles. The number of rotatable bonds is 2. The van der Waals surface area contributed by atoms with Gasteiger partial charge in [-0.15, -0.1) is 0 Å². The third kappa shape index (κ3) is 4.16. The summed E-state index contributed by atoms with van der Waals surface area (Å²) in [5.74, 6) is -0.243. The summed E-state index contributed by atoms with van der Waals surface area (Å²) in [6.45, 7) is 7.55. The number of carbonyl (C=O) groups is 3. The molecule has 2 aromatic rings. The molecule has 0 unspecified atom stereocenters. The molecule has 1 aliphatic carbocycles. The van der Waals surface area contributed by atoms with Crippen molar-refractivity contribution in [1.82, 2.24) is 19.8 Å². The number of carbonyl (C=O) groups excluding carboxylic acids is 3. The molecule has 3 fully saturated rings. The number of nitrogens with zero attached hydrogens (tertiary/aromatic N) is 4. The van der Waals surface area contributed by atoms with Crippen LogP contribution in [0.2, 0.25) is 0 Å². The summed E-state index contributed by atoms with van der Waals surface area (Å²) in [4.78, 5) is 44.0. The highest BCUT2D eigenvalue weighted by molar-refractivity contribution is 6.06. The van der Waals surface area contributed by atoms with Crippen LogP contribution in [0.4, 0.5) is 15.3 Å². The third-order valence-corrected chi connectivity index (χ3v) is 7.11. The first-order valence-electron chi connectivity index (χ1n) is 11.7. The van der Waals surface area contributed by atoms with Crippen molar-refractivity contribution in [1.29, 1.82) is 0 Å². The number of amides is 4. The Kier molecular flexibility index (Phi) is 5.10. The van der Waals surface area contributed by atoms with E-state index >= 15 is 0 Å². The second kappa shape index (κ2) is 7.74. The minimum absolute atomic E-state index is 0.212. The second-order valence-electron chi connectivity index (χ2n) is 10.6. The maximum atomic E-state index is 12.4. The Morgan fingerprint density at radius 3 is 2.58 bits per heavy atom. The molecule has 3 aliphatic rings. The van der Waals surface area contributed by atoms with E-state index in [1.54, 1.807) is 11.1 Å². The lowest BCUT2D eigenvalue weighted by atomic mass is 9.60. The lowest BCUT2D eigenvalue weighted by Gasteiger charge is -2.52. The van der Waals surface area contributed by atoms with Gasteiger partial charge in [0.05, 0.1) is 11.9 Å². The normalized spacial score (nSPS) is 21.3. The zero-order valence-corrected chi connectivity index (χ0v) is 19.5. The lowest BCUT2D eigenvalue weighted by Crippen LogP contribution is -2.50.